The molecule has 0 fully saturated rings. The van der Waals surface area contributed by atoms with Crippen LogP contribution in [0.2, 0.25) is 5.02 Å². The van der Waals surface area contributed by atoms with Crippen molar-refractivity contribution in [3.05, 3.63) is 28.8 Å². The number of benzene rings is 1. The van der Waals surface area contributed by atoms with Crippen molar-refractivity contribution in [2.75, 3.05) is 19.0 Å². The van der Waals surface area contributed by atoms with E-state index in [1.165, 1.54) is 19.2 Å². The van der Waals surface area contributed by atoms with Crippen molar-refractivity contribution in [2.45, 2.75) is 20.0 Å². The van der Waals surface area contributed by atoms with Crippen molar-refractivity contribution >= 4 is 29.2 Å². The standard InChI is InChI=1S/C13H16ClNO4/c1-8(2)19-7-12(16)15-11-6-9(14)4-5-10(11)13(17)18-3/h4-6,8H,7H2,1-3H3,(H,15,16). The Kier molecular flexibility index (Phi) is 5.79. The van der Waals surface area contributed by atoms with E-state index in [4.69, 9.17) is 16.3 Å². The van der Waals surface area contributed by atoms with Crippen molar-refractivity contribution in [2.24, 2.45) is 0 Å². The normalized spacial score (nSPS) is 10.4. The Labute approximate surface area is 116 Å². The van der Waals surface area contributed by atoms with Crippen LogP contribution in [0, 0.1) is 0 Å². The monoisotopic (exact) mass is 285 g/mol. The fraction of sp³-hybridized carbons (Fsp3) is 0.385. The van der Waals surface area contributed by atoms with Gasteiger partial charge in [0.2, 0.25) is 5.91 Å². The molecule has 0 bridgehead atoms. The van der Waals surface area contributed by atoms with Gasteiger partial charge in [0.15, 0.2) is 0 Å². The Balaban J connectivity index is 2.84. The predicted molar refractivity (Wildman–Crippen MR) is 72.5 cm³/mol. The first-order valence-electron chi connectivity index (χ1n) is 5.73. The van der Waals surface area contributed by atoms with Crippen LogP contribution in [0.5, 0.6) is 0 Å². The molecule has 0 saturated carbocycles. The SMILES string of the molecule is COC(=O)c1ccc(Cl)cc1NC(=O)COC(C)C. The van der Waals surface area contributed by atoms with E-state index >= 15 is 0 Å². The molecule has 1 rings (SSSR count). The van der Waals surface area contributed by atoms with Crippen LogP contribution in [0.1, 0.15) is 24.2 Å². The lowest BCUT2D eigenvalue weighted by Crippen LogP contribution is -2.22. The van der Waals surface area contributed by atoms with Crippen LogP contribution in [0.4, 0.5) is 5.69 Å². The molecule has 0 heterocycles. The van der Waals surface area contributed by atoms with Crippen molar-refractivity contribution in [1.29, 1.82) is 0 Å². The molecule has 19 heavy (non-hydrogen) atoms. The number of carbonyl (C=O) groups excluding carboxylic acids is 2. The first kappa shape index (κ1) is 15.5. The lowest BCUT2D eigenvalue weighted by molar-refractivity contribution is -0.121. The van der Waals surface area contributed by atoms with E-state index in [0.717, 1.165) is 0 Å². The zero-order chi connectivity index (χ0) is 14.4. The van der Waals surface area contributed by atoms with Crippen molar-refractivity contribution in [1.82, 2.24) is 0 Å². The highest BCUT2D eigenvalue weighted by Gasteiger charge is 2.14. The Hall–Kier alpha value is -1.59. The molecule has 6 heteroatoms. The summed E-state index contributed by atoms with van der Waals surface area (Å²) in [5, 5.41) is 2.98. The van der Waals surface area contributed by atoms with Crippen LogP contribution >= 0.6 is 11.6 Å². The van der Waals surface area contributed by atoms with Crippen LogP contribution in [-0.2, 0) is 14.3 Å². The second-order valence-corrected chi connectivity index (χ2v) is 4.53. The first-order valence-corrected chi connectivity index (χ1v) is 6.11. The lowest BCUT2D eigenvalue weighted by atomic mass is 10.2. The highest BCUT2D eigenvalue weighted by Crippen LogP contribution is 2.21. The van der Waals surface area contributed by atoms with E-state index in [1.54, 1.807) is 6.07 Å². The number of anilines is 1. The van der Waals surface area contributed by atoms with Gasteiger partial charge in [-0.15, -0.1) is 0 Å². The molecule has 1 amide bonds. The minimum atomic E-state index is -0.545. The average Bonchev–Trinajstić information content (AvgIpc) is 2.35. The van der Waals surface area contributed by atoms with Crippen LogP contribution < -0.4 is 5.32 Å². The summed E-state index contributed by atoms with van der Waals surface area (Å²) in [6.45, 7) is 3.56. The van der Waals surface area contributed by atoms with Crippen molar-refractivity contribution in [3.8, 4) is 0 Å². The van der Waals surface area contributed by atoms with E-state index < -0.39 is 5.97 Å². The summed E-state index contributed by atoms with van der Waals surface area (Å²) in [4.78, 5) is 23.2. The number of esters is 1. The maximum atomic E-state index is 11.7. The van der Waals surface area contributed by atoms with Crippen LogP contribution in [0.15, 0.2) is 18.2 Å². The molecule has 0 spiro atoms. The van der Waals surface area contributed by atoms with Gasteiger partial charge < -0.3 is 14.8 Å². The molecule has 1 aromatic rings. The molecular weight excluding hydrogens is 270 g/mol. The summed E-state index contributed by atoms with van der Waals surface area (Å²) < 4.78 is 9.80. The molecule has 0 aromatic heterocycles. The quantitative estimate of drug-likeness (QED) is 0.844. The number of hydrogen-bond acceptors (Lipinski definition) is 4. The number of halogens is 1. The molecule has 0 saturated heterocycles. The molecular formula is C13H16ClNO4. The van der Waals surface area contributed by atoms with Crippen molar-refractivity contribution in [3.63, 3.8) is 0 Å². The third-order valence-electron chi connectivity index (χ3n) is 2.21. The van der Waals surface area contributed by atoms with Gasteiger partial charge in [-0.25, -0.2) is 4.79 Å². The van der Waals surface area contributed by atoms with Crippen molar-refractivity contribution < 1.29 is 19.1 Å². The smallest absolute Gasteiger partial charge is 0.339 e. The van der Waals surface area contributed by atoms with Crippen LogP contribution in [0.25, 0.3) is 0 Å². The number of ether oxygens (including phenoxy) is 2. The highest BCUT2D eigenvalue weighted by molar-refractivity contribution is 6.31. The predicted octanol–water partition coefficient (Wildman–Crippen LogP) is 2.49. The molecule has 0 aliphatic rings. The van der Waals surface area contributed by atoms with Gasteiger partial charge in [-0.05, 0) is 32.0 Å². The molecule has 104 valence electrons. The van der Waals surface area contributed by atoms with Gasteiger partial charge in [0.05, 0.1) is 24.5 Å². The van der Waals surface area contributed by atoms with E-state index in [9.17, 15) is 9.59 Å². The van der Waals surface area contributed by atoms with Gasteiger partial charge in [-0.2, -0.15) is 0 Å². The maximum Gasteiger partial charge on any atom is 0.339 e. The second-order valence-electron chi connectivity index (χ2n) is 4.09. The number of amides is 1. The Morgan fingerprint density at radius 3 is 2.63 bits per heavy atom. The summed E-state index contributed by atoms with van der Waals surface area (Å²) in [7, 11) is 1.27. The zero-order valence-corrected chi connectivity index (χ0v) is 11.8. The zero-order valence-electron chi connectivity index (χ0n) is 11.0. The van der Waals surface area contributed by atoms with Crippen LogP contribution in [-0.4, -0.2) is 31.7 Å². The molecule has 1 N–H and O–H groups in total. The van der Waals surface area contributed by atoms with Gasteiger partial charge in [0.1, 0.15) is 6.61 Å². The van der Waals surface area contributed by atoms with Gasteiger partial charge in [0.25, 0.3) is 0 Å². The number of carbonyl (C=O) groups is 2. The van der Waals surface area contributed by atoms with Crippen LogP contribution in [0.3, 0.4) is 0 Å². The van der Waals surface area contributed by atoms with E-state index in [2.05, 4.69) is 10.1 Å². The topological polar surface area (TPSA) is 64.6 Å². The molecule has 0 radical (unpaired) electrons. The molecule has 0 unspecified atom stereocenters. The average molecular weight is 286 g/mol. The molecule has 0 aliphatic carbocycles. The molecule has 5 nitrogen and oxygen atoms in total. The second kappa shape index (κ2) is 7.11. The number of methoxy groups -OCH3 is 1. The number of nitrogens with one attached hydrogen (secondary N) is 1. The number of rotatable bonds is 5. The lowest BCUT2D eigenvalue weighted by Gasteiger charge is -2.11. The van der Waals surface area contributed by atoms with Gasteiger partial charge >= 0.3 is 5.97 Å². The molecule has 0 atom stereocenters. The van der Waals surface area contributed by atoms with E-state index in [-0.39, 0.29) is 24.2 Å². The summed E-state index contributed by atoms with van der Waals surface area (Å²) in [6, 6.07) is 4.53. The summed E-state index contributed by atoms with van der Waals surface area (Å²) in [6.07, 6.45) is -0.0508. The summed E-state index contributed by atoms with van der Waals surface area (Å²) >= 11 is 5.84. The minimum absolute atomic E-state index is 0.0508. The third kappa shape index (κ3) is 4.89. The first-order chi connectivity index (χ1) is 8.93. The third-order valence-corrected chi connectivity index (χ3v) is 2.44. The largest absolute Gasteiger partial charge is 0.465 e. The van der Waals surface area contributed by atoms with Gasteiger partial charge in [0, 0.05) is 5.02 Å². The Morgan fingerprint density at radius 2 is 2.05 bits per heavy atom. The minimum Gasteiger partial charge on any atom is -0.465 e. The maximum absolute atomic E-state index is 11.7. The van der Waals surface area contributed by atoms with Gasteiger partial charge in [-0.1, -0.05) is 11.6 Å². The molecule has 0 aliphatic heterocycles. The Bertz CT molecular complexity index is 474. The fourth-order valence-electron chi connectivity index (χ4n) is 1.34. The van der Waals surface area contributed by atoms with E-state index in [0.29, 0.717) is 10.7 Å². The molecule has 1 aromatic carbocycles. The summed E-state index contributed by atoms with van der Waals surface area (Å²) in [5.41, 5.74) is 0.543. The summed E-state index contributed by atoms with van der Waals surface area (Å²) in [5.74, 6) is -0.905. The fourth-order valence-corrected chi connectivity index (χ4v) is 1.51. The van der Waals surface area contributed by atoms with Gasteiger partial charge in [-0.3, -0.25) is 4.79 Å². The Morgan fingerprint density at radius 1 is 1.37 bits per heavy atom. The number of hydrogen-bond donors (Lipinski definition) is 1. The van der Waals surface area contributed by atoms with E-state index in [1.807, 2.05) is 13.8 Å². The highest BCUT2D eigenvalue weighted by atomic mass is 35.5.